The van der Waals surface area contributed by atoms with Gasteiger partial charge in [0.2, 0.25) is 0 Å². The zero-order valence-electron chi connectivity index (χ0n) is 11.3. The van der Waals surface area contributed by atoms with E-state index < -0.39 is 0 Å². The molecule has 0 bridgehead atoms. The molecule has 3 rings (SSSR count). The molecule has 0 unspecified atom stereocenters. The summed E-state index contributed by atoms with van der Waals surface area (Å²) in [5.41, 5.74) is 7.33. The van der Waals surface area contributed by atoms with E-state index >= 15 is 0 Å². The monoisotopic (exact) mass is 279 g/mol. The first kappa shape index (κ1) is 13.3. The maximum atomic E-state index is 6.58. The summed E-state index contributed by atoms with van der Waals surface area (Å²) in [5, 5.41) is 0.788. The van der Waals surface area contributed by atoms with E-state index in [1.54, 1.807) is 0 Å². The van der Waals surface area contributed by atoms with E-state index in [1.807, 2.05) is 6.07 Å². The Bertz CT molecular complexity index is 450. The summed E-state index contributed by atoms with van der Waals surface area (Å²) < 4.78 is 5.88. The minimum absolute atomic E-state index is 0.0794. The van der Waals surface area contributed by atoms with Crippen molar-refractivity contribution in [2.75, 3.05) is 13.2 Å². The molecule has 19 heavy (non-hydrogen) atoms. The van der Waals surface area contributed by atoms with Gasteiger partial charge >= 0.3 is 0 Å². The van der Waals surface area contributed by atoms with E-state index in [0.717, 1.165) is 36.1 Å². The molecule has 2 fully saturated rings. The summed E-state index contributed by atoms with van der Waals surface area (Å²) in [7, 11) is 0. The molecule has 2 aliphatic rings. The second-order valence-corrected chi connectivity index (χ2v) is 6.44. The van der Waals surface area contributed by atoms with Gasteiger partial charge in [-0.25, -0.2) is 0 Å². The summed E-state index contributed by atoms with van der Waals surface area (Å²) >= 11 is 6.58. The standard InChI is InChI=1S/C16H22ClNO/c17-15-13(16(11-18)8-1-2-9-16)4-3-5-14(15)19-10-12-6-7-12/h3-5,12H,1-2,6-11,18H2. The number of nitrogens with two attached hydrogens (primary N) is 1. The van der Waals surface area contributed by atoms with Gasteiger partial charge in [-0.1, -0.05) is 36.6 Å². The fourth-order valence-corrected chi connectivity index (χ4v) is 3.54. The summed E-state index contributed by atoms with van der Waals surface area (Å²) in [4.78, 5) is 0. The van der Waals surface area contributed by atoms with E-state index in [2.05, 4.69) is 12.1 Å². The molecule has 0 aliphatic heterocycles. The Kier molecular flexibility index (Phi) is 3.72. The van der Waals surface area contributed by atoms with Crippen molar-refractivity contribution >= 4 is 11.6 Å². The Labute approximate surface area is 120 Å². The van der Waals surface area contributed by atoms with Crippen molar-refractivity contribution in [3.63, 3.8) is 0 Å². The van der Waals surface area contributed by atoms with Gasteiger partial charge in [0.15, 0.2) is 0 Å². The third-order valence-corrected chi connectivity index (χ3v) is 5.05. The lowest BCUT2D eigenvalue weighted by molar-refractivity contribution is 0.298. The van der Waals surface area contributed by atoms with Crippen LogP contribution in [-0.4, -0.2) is 13.2 Å². The first-order valence-electron chi connectivity index (χ1n) is 7.37. The first-order valence-corrected chi connectivity index (χ1v) is 7.75. The van der Waals surface area contributed by atoms with Gasteiger partial charge < -0.3 is 10.5 Å². The minimum atomic E-state index is 0.0794. The quantitative estimate of drug-likeness (QED) is 0.887. The molecule has 2 aliphatic carbocycles. The average molecular weight is 280 g/mol. The van der Waals surface area contributed by atoms with E-state index in [9.17, 15) is 0 Å². The SMILES string of the molecule is NCC1(c2cccc(OCC3CC3)c2Cl)CCCC1. The molecular formula is C16H22ClNO. The largest absolute Gasteiger partial charge is 0.492 e. The third kappa shape index (κ3) is 2.61. The third-order valence-electron chi connectivity index (χ3n) is 4.66. The Morgan fingerprint density at radius 3 is 2.63 bits per heavy atom. The van der Waals surface area contributed by atoms with Crippen LogP contribution in [0.2, 0.25) is 5.02 Å². The topological polar surface area (TPSA) is 35.2 Å². The van der Waals surface area contributed by atoms with Crippen LogP contribution < -0.4 is 10.5 Å². The van der Waals surface area contributed by atoms with Gasteiger partial charge in [0, 0.05) is 12.0 Å². The summed E-state index contributed by atoms with van der Waals surface area (Å²) in [6, 6.07) is 6.16. The molecule has 0 radical (unpaired) electrons. The average Bonchev–Trinajstić information content (AvgIpc) is 3.13. The molecule has 0 atom stereocenters. The number of hydrogen-bond acceptors (Lipinski definition) is 2. The van der Waals surface area contributed by atoms with Crippen LogP contribution in [0.15, 0.2) is 18.2 Å². The van der Waals surface area contributed by atoms with Crippen molar-refractivity contribution in [3.8, 4) is 5.75 Å². The minimum Gasteiger partial charge on any atom is -0.492 e. The number of benzene rings is 1. The highest BCUT2D eigenvalue weighted by atomic mass is 35.5. The van der Waals surface area contributed by atoms with Crippen molar-refractivity contribution < 1.29 is 4.74 Å². The fourth-order valence-electron chi connectivity index (χ4n) is 3.16. The van der Waals surface area contributed by atoms with Gasteiger partial charge in [-0.3, -0.25) is 0 Å². The maximum absolute atomic E-state index is 6.58. The lowest BCUT2D eigenvalue weighted by Gasteiger charge is -2.29. The van der Waals surface area contributed by atoms with Gasteiger partial charge in [-0.05, 0) is 43.2 Å². The van der Waals surface area contributed by atoms with Crippen molar-refractivity contribution in [3.05, 3.63) is 28.8 Å². The predicted molar refractivity (Wildman–Crippen MR) is 78.9 cm³/mol. The van der Waals surface area contributed by atoms with E-state index in [0.29, 0.717) is 6.54 Å². The second kappa shape index (κ2) is 5.34. The van der Waals surface area contributed by atoms with Crippen molar-refractivity contribution in [1.82, 2.24) is 0 Å². The van der Waals surface area contributed by atoms with Crippen LogP contribution in [0.1, 0.15) is 44.1 Å². The van der Waals surface area contributed by atoms with Crippen LogP contribution in [0, 0.1) is 5.92 Å². The zero-order valence-corrected chi connectivity index (χ0v) is 12.1. The molecule has 0 spiro atoms. The predicted octanol–water partition coefficient (Wildman–Crippen LogP) is 3.90. The molecule has 1 aromatic carbocycles. The highest BCUT2D eigenvalue weighted by Crippen LogP contribution is 2.45. The lowest BCUT2D eigenvalue weighted by Crippen LogP contribution is -2.32. The van der Waals surface area contributed by atoms with Crippen LogP contribution in [0.25, 0.3) is 0 Å². The van der Waals surface area contributed by atoms with Gasteiger partial charge in [-0.2, -0.15) is 0 Å². The molecule has 1 aromatic rings. The number of halogens is 1. The second-order valence-electron chi connectivity index (χ2n) is 6.06. The number of ether oxygens (including phenoxy) is 1. The van der Waals surface area contributed by atoms with Crippen molar-refractivity contribution in [2.24, 2.45) is 11.7 Å². The van der Waals surface area contributed by atoms with Crippen LogP contribution in [-0.2, 0) is 5.41 Å². The number of hydrogen-bond donors (Lipinski definition) is 1. The summed E-state index contributed by atoms with van der Waals surface area (Å²) in [6.45, 7) is 1.48. The Balaban J connectivity index is 1.85. The lowest BCUT2D eigenvalue weighted by atomic mass is 9.79. The van der Waals surface area contributed by atoms with E-state index in [-0.39, 0.29) is 5.41 Å². The van der Waals surface area contributed by atoms with Crippen LogP contribution in [0.5, 0.6) is 5.75 Å². The van der Waals surface area contributed by atoms with Crippen LogP contribution >= 0.6 is 11.6 Å². The fraction of sp³-hybridized carbons (Fsp3) is 0.625. The highest BCUT2D eigenvalue weighted by molar-refractivity contribution is 6.33. The van der Waals surface area contributed by atoms with Crippen LogP contribution in [0.3, 0.4) is 0 Å². The molecule has 2 nitrogen and oxygen atoms in total. The zero-order chi connectivity index (χ0) is 13.3. The molecule has 0 aromatic heterocycles. The molecule has 104 valence electrons. The molecule has 2 saturated carbocycles. The molecule has 3 heteroatoms. The van der Waals surface area contributed by atoms with Crippen LogP contribution in [0.4, 0.5) is 0 Å². The highest BCUT2D eigenvalue weighted by Gasteiger charge is 2.36. The molecule has 0 amide bonds. The van der Waals surface area contributed by atoms with E-state index in [1.165, 1.54) is 31.2 Å². The summed E-state index contributed by atoms with van der Waals surface area (Å²) in [6.07, 6.45) is 7.39. The smallest absolute Gasteiger partial charge is 0.138 e. The van der Waals surface area contributed by atoms with Crippen molar-refractivity contribution in [1.29, 1.82) is 0 Å². The van der Waals surface area contributed by atoms with Gasteiger partial charge in [0.25, 0.3) is 0 Å². The molecule has 0 saturated heterocycles. The van der Waals surface area contributed by atoms with Crippen molar-refractivity contribution in [2.45, 2.75) is 43.9 Å². The van der Waals surface area contributed by atoms with E-state index in [4.69, 9.17) is 22.1 Å². The summed E-state index contributed by atoms with van der Waals surface area (Å²) in [5.74, 6) is 1.58. The molecule has 2 N–H and O–H groups in total. The van der Waals surface area contributed by atoms with Gasteiger partial charge in [0.05, 0.1) is 11.6 Å². The first-order chi connectivity index (χ1) is 9.25. The Hall–Kier alpha value is -0.730. The Morgan fingerprint density at radius 2 is 2.00 bits per heavy atom. The Morgan fingerprint density at radius 1 is 1.26 bits per heavy atom. The number of rotatable bonds is 5. The van der Waals surface area contributed by atoms with Gasteiger partial charge in [-0.15, -0.1) is 0 Å². The maximum Gasteiger partial charge on any atom is 0.138 e. The van der Waals surface area contributed by atoms with Gasteiger partial charge in [0.1, 0.15) is 5.75 Å². The normalized spacial score (nSPS) is 21.6. The molecular weight excluding hydrogens is 258 g/mol. The molecule has 0 heterocycles.